The molecule has 0 bridgehead atoms. The fraction of sp³-hybridized carbons (Fsp3) is 0.333. The highest BCUT2D eigenvalue weighted by Crippen LogP contribution is 2.21. The predicted octanol–water partition coefficient (Wildman–Crippen LogP) is 0.0522. The zero-order chi connectivity index (χ0) is 13.3. The Morgan fingerprint density at radius 3 is 2.39 bits per heavy atom. The number of carboxylic acid groups (broad SMARTS) is 1. The molecule has 0 unspecified atom stereocenters. The summed E-state index contributed by atoms with van der Waals surface area (Å²) in [5.41, 5.74) is 0.285. The van der Waals surface area contributed by atoms with Gasteiger partial charge in [0.05, 0.1) is 6.10 Å². The number of carboxylic acids is 1. The third-order valence-corrected chi connectivity index (χ3v) is 2.94. The van der Waals surface area contributed by atoms with Gasteiger partial charge < -0.3 is 20.2 Å². The number of β-amino-alcohol motifs (C(OH)–C–C–N with tert-alkyl or cyclic N) is 1. The fourth-order valence-corrected chi connectivity index (χ4v) is 2.04. The molecule has 1 amide bonds. The van der Waals surface area contributed by atoms with E-state index in [2.05, 4.69) is 0 Å². The minimum atomic E-state index is -1.13. The van der Waals surface area contributed by atoms with Crippen molar-refractivity contribution in [1.29, 1.82) is 0 Å². The second-order valence-electron chi connectivity index (χ2n) is 4.25. The van der Waals surface area contributed by atoms with Crippen molar-refractivity contribution in [2.75, 3.05) is 6.54 Å². The van der Waals surface area contributed by atoms with Gasteiger partial charge >= 0.3 is 5.97 Å². The van der Waals surface area contributed by atoms with Crippen molar-refractivity contribution in [1.82, 2.24) is 4.90 Å². The quantitative estimate of drug-likeness (QED) is 0.690. The monoisotopic (exact) mass is 251 g/mol. The average molecular weight is 251 g/mol. The zero-order valence-corrected chi connectivity index (χ0v) is 9.48. The number of benzene rings is 1. The Morgan fingerprint density at radius 2 is 1.83 bits per heavy atom. The topological polar surface area (TPSA) is 98.1 Å². The van der Waals surface area contributed by atoms with Gasteiger partial charge in [-0.2, -0.15) is 0 Å². The molecular weight excluding hydrogens is 238 g/mol. The lowest BCUT2D eigenvalue weighted by Crippen LogP contribution is -2.40. The molecule has 6 heteroatoms. The van der Waals surface area contributed by atoms with Crippen LogP contribution in [-0.4, -0.2) is 50.8 Å². The number of aliphatic carboxylic acids is 1. The smallest absolute Gasteiger partial charge is 0.326 e. The number of carbonyl (C=O) groups excluding carboxylic acids is 1. The summed E-state index contributed by atoms with van der Waals surface area (Å²) in [7, 11) is 0. The number of phenolic OH excluding ortho intramolecular Hbond substituents is 1. The van der Waals surface area contributed by atoms with Crippen LogP contribution in [0.2, 0.25) is 0 Å². The molecule has 0 spiro atoms. The van der Waals surface area contributed by atoms with E-state index < -0.39 is 24.0 Å². The summed E-state index contributed by atoms with van der Waals surface area (Å²) in [4.78, 5) is 24.2. The van der Waals surface area contributed by atoms with Gasteiger partial charge in [0.1, 0.15) is 11.8 Å². The van der Waals surface area contributed by atoms with E-state index in [0.29, 0.717) is 0 Å². The molecule has 0 aromatic heterocycles. The maximum atomic E-state index is 12.1. The predicted molar refractivity (Wildman–Crippen MR) is 61.2 cm³/mol. The number of likely N-dealkylation sites (tertiary alicyclic amines) is 1. The summed E-state index contributed by atoms with van der Waals surface area (Å²) in [6, 6.07) is 4.55. The second kappa shape index (κ2) is 4.66. The van der Waals surface area contributed by atoms with Gasteiger partial charge in [0, 0.05) is 18.5 Å². The van der Waals surface area contributed by atoms with E-state index in [4.69, 9.17) is 10.2 Å². The molecule has 2 rings (SSSR count). The normalized spacial score (nSPS) is 23.1. The molecule has 3 N–H and O–H groups in total. The number of amides is 1. The maximum absolute atomic E-state index is 12.1. The van der Waals surface area contributed by atoms with Gasteiger partial charge in [-0.05, 0) is 24.3 Å². The van der Waals surface area contributed by atoms with Crippen LogP contribution >= 0.6 is 0 Å². The van der Waals surface area contributed by atoms with E-state index in [0.717, 1.165) is 4.90 Å². The number of nitrogens with zero attached hydrogens (tertiary/aromatic N) is 1. The number of rotatable bonds is 2. The van der Waals surface area contributed by atoms with Gasteiger partial charge in [0.15, 0.2) is 0 Å². The minimum Gasteiger partial charge on any atom is -0.508 e. The Kier molecular flexibility index (Phi) is 3.20. The Labute approximate surface area is 103 Å². The zero-order valence-electron chi connectivity index (χ0n) is 9.48. The molecule has 18 heavy (non-hydrogen) atoms. The standard InChI is InChI=1S/C12H13NO5/c14-8-3-1-7(2-4-8)11(16)13-6-9(15)5-10(13)12(17)18/h1-4,9-10,14-15H,5-6H2,(H,17,18)/t9-,10-/m0/s1. The Bertz CT molecular complexity index is 470. The molecule has 0 aliphatic carbocycles. The van der Waals surface area contributed by atoms with Gasteiger partial charge in [-0.25, -0.2) is 4.79 Å². The van der Waals surface area contributed by atoms with Crippen LogP contribution in [0.15, 0.2) is 24.3 Å². The van der Waals surface area contributed by atoms with Crippen LogP contribution in [0.1, 0.15) is 16.8 Å². The highest BCUT2D eigenvalue weighted by atomic mass is 16.4. The van der Waals surface area contributed by atoms with E-state index in [1.54, 1.807) is 0 Å². The summed E-state index contributed by atoms with van der Waals surface area (Å²) < 4.78 is 0. The number of aliphatic hydroxyl groups is 1. The highest BCUT2D eigenvalue weighted by molar-refractivity contribution is 5.97. The van der Waals surface area contributed by atoms with E-state index in [-0.39, 0.29) is 24.3 Å². The number of hydrogen-bond acceptors (Lipinski definition) is 4. The molecule has 1 fully saturated rings. The third kappa shape index (κ3) is 2.28. The summed E-state index contributed by atoms with van der Waals surface area (Å²) >= 11 is 0. The van der Waals surface area contributed by atoms with Crippen molar-refractivity contribution in [3.63, 3.8) is 0 Å². The maximum Gasteiger partial charge on any atom is 0.326 e. The number of hydrogen-bond donors (Lipinski definition) is 3. The van der Waals surface area contributed by atoms with E-state index in [1.807, 2.05) is 0 Å². The van der Waals surface area contributed by atoms with Crippen LogP contribution in [0.4, 0.5) is 0 Å². The van der Waals surface area contributed by atoms with Crippen LogP contribution in [0.25, 0.3) is 0 Å². The SMILES string of the molecule is O=C(O)[C@@H]1C[C@H](O)CN1C(=O)c1ccc(O)cc1. The van der Waals surface area contributed by atoms with Crippen molar-refractivity contribution in [2.45, 2.75) is 18.6 Å². The molecule has 0 radical (unpaired) electrons. The average Bonchev–Trinajstić information content (AvgIpc) is 2.71. The molecule has 96 valence electrons. The van der Waals surface area contributed by atoms with E-state index in [9.17, 15) is 14.7 Å². The lowest BCUT2D eigenvalue weighted by Gasteiger charge is -2.21. The number of phenols is 1. The molecule has 2 atom stereocenters. The molecular formula is C12H13NO5. The van der Waals surface area contributed by atoms with E-state index in [1.165, 1.54) is 24.3 Å². The Balaban J connectivity index is 2.22. The molecule has 1 heterocycles. The lowest BCUT2D eigenvalue weighted by molar-refractivity contribution is -0.141. The molecule has 1 aromatic rings. The van der Waals surface area contributed by atoms with Gasteiger partial charge in [0.25, 0.3) is 5.91 Å². The van der Waals surface area contributed by atoms with Crippen molar-refractivity contribution in [2.24, 2.45) is 0 Å². The Hall–Kier alpha value is -2.08. The Morgan fingerprint density at radius 1 is 1.22 bits per heavy atom. The van der Waals surface area contributed by atoms with E-state index >= 15 is 0 Å². The largest absolute Gasteiger partial charge is 0.508 e. The van der Waals surface area contributed by atoms with Crippen molar-refractivity contribution in [3.05, 3.63) is 29.8 Å². The lowest BCUT2D eigenvalue weighted by atomic mass is 10.1. The summed E-state index contributed by atoms with van der Waals surface area (Å²) in [6.07, 6.45) is -0.772. The van der Waals surface area contributed by atoms with Crippen molar-refractivity contribution >= 4 is 11.9 Å². The second-order valence-corrected chi connectivity index (χ2v) is 4.25. The first-order valence-corrected chi connectivity index (χ1v) is 5.50. The first-order valence-electron chi connectivity index (χ1n) is 5.50. The molecule has 1 aromatic carbocycles. The van der Waals surface area contributed by atoms with Gasteiger partial charge in [-0.3, -0.25) is 4.79 Å². The van der Waals surface area contributed by atoms with Gasteiger partial charge in [-0.15, -0.1) is 0 Å². The van der Waals surface area contributed by atoms with Crippen LogP contribution in [0, 0.1) is 0 Å². The highest BCUT2D eigenvalue weighted by Gasteiger charge is 2.39. The third-order valence-electron chi connectivity index (χ3n) is 2.94. The minimum absolute atomic E-state index is 0.0106. The molecule has 1 aliphatic heterocycles. The first-order chi connectivity index (χ1) is 8.49. The number of carbonyl (C=O) groups is 2. The van der Waals surface area contributed by atoms with Crippen LogP contribution in [-0.2, 0) is 4.79 Å². The van der Waals surface area contributed by atoms with Crippen LogP contribution in [0.3, 0.4) is 0 Å². The van der Waals surface area contributed by atoms with Crippen molar-refractivity contribution < 1.29 is 24.9 Å². The fourth-order valence-electron chi connectivity index (χ4n) is 2.04. The molecule has 1 saturated heterocycles. The van der Waals surface area contributed by atoms with Crippen LogP contribution < -0.4 is 0 Å². The summed E-state index contributed by atoms with van der Waals surface area (Å²) in [5, 5.41) is 27.6. The van der Waals surface area contributed by atoms with Crippen LogP contribution in [0.5, 0.6) is 5.75 Å². The number of aromatic hydroxyl groups is 1. The van der Waals surface area contributed by atoms with Gasteiger partial charge in [-0.1, -0.05) is 0 Å². The summed E-state index contributed by atoms with van der Waals surface area (Å²) in [6.45, 7) is 0.0106. The molecule has 1 aliphatic rings. The molecule has 6 nitrogen and oxygen atoms in total. The number of aliphatic hydroxyl groups excluding tert-OH is 1. The molecule has 0 saturated carbocycles. The first kappa shape index (κ1) is 12.4. The van der Waals surface area contributed by atoms with Crippen molar-refractivity contribution in [3.8, 4) is 5.75 Å². The summed E-state index contributed by atoms with van der Waals surface area (Å²) in [5.74, 6) is -1.56. The van der Waals surface area contributed by atoms with Gasteiger partial charge in [0.2, 0.25) is 0 Å².